The first-order chi connectivity index (χ1) is 10.6. The molecule has 0 fully saturated rings. The number of hydrogen-bond donors (Lipinski definition) is 2. The molecule has 0 saturated carbocycles. The molecule has 2 aromatic rings. The summed E-state index contributed by atoms with van der Waals surface area (Å²) in [5.41, 5.74) is 7.59. The summed E-state index contributed by atoms with van der Waals surface area (Å²) in [6, 6.07) is 5.42. The summed E-state index contributed by atoms with van der Waals surface area (Å²) >= 11 is 4.90. The number of thiazole rings is 1. The number of nitrogens with one attached hydrogen (secondary N) is 1. The first kappa shape index (κ1) is 15.5. The van der Waals surface area contributed by atoms with Gasteiger partial charge in [-0.1, -0.05) is 0 Å². The van der Waals surface area contributed by atoms with Crippen LogP contribution in [-0.2, 0) is 12.8 Å². The Hall–Kier alpha value is -1.44. The van der Waals surface area contributed by atoms with E-state index in [0.717, 1.165) is 29.4 Å². The molecule has 0 bridgehead atoms. The topological polar surface area (TPSA) is 77.2 Å². The number of ether oxygens (including phenoxy) is 1. The minimum atomic E-state index is -0.182. The van der Waals surface area contributed by atoms with E-state index >= 15 is 0 Å². The summed E-state index contributed by atoms with van der Waals surface area (Å²) in [6.45, 7) is 0. The monoisotopic (exact) mass is 381 g/mol. The lowest BCUT2D eigenvalue weighted by atomic mass is 9.99. The molecule has 1 heterocycles. The molecule has 3 N–H and O–H groups in total. The average molecular weight is 382 g/mol. The van der Waals surface area contributed by atoms with Crippen molar-refractivity contribution in [1.29, 1.82) is 0 Å². The molecule has 0 radical (unpaired) electrons. The molecular formula is C15H16BrN3O2S. The number of hydrogen-bond acceptors (Lipinski definition) is 5. The molecule has 5 nitrogen and oxygen atoms in total. The van der Waals surface area contributed by atoms with Crippen LogP contribution in [0.4, 0.5) is 5.13 Å². The summed E-state index contributed by atoms with van der Waals surface area (Å²) in [4.78, 5) is 18.0. The Morgan fingerprint density at radius 1 is 1.55 bits per heavy atom. The normalized spacial score (nSPS) is 17.0. The van der Waals surface area contributed by atoms with Gasteiger partial charge in [-0.15, -0.1) is 11.3 Å². The van der Waals surface area contributed by atoms with Crippen molar-refractivity contribution in [3.63, 3.8) is 0 Å². The number of nitrogens with zero attached hydrogens (tertiary/aromatic N) is 1. The minimum absolute atomic E-state index is 0.182. The second kappa shape index (κ2) is 6.36. The SMILES string of the molecule is COc1ccc(C(=O)Nc2nc3c(s2)C[C@@H](N)CC3)cc1Br. The highest BCUT2D eigenvalue weighted by Gasteiger charge is 2.21. The number of carbonyl (C=O) groups excluding carboxylic acids is 1. The van der Waals surface area contributed by atoms with Crippen molar-refractivity contribution in [3.8, 4) is 5.75 Å². The third-order valence-corrected chi connectivity index (χ3v) is 5.27. The number of carbonyl (C=O) groups is 1. The van der Waals surface area contributed by atoms with Gasteiger partial charge in [0.05, 0.1) is 17.3 Å². The fourth-order valence-electron chi connectivity index (χ4n) is 2.43. The van der Waals surface area contributed by atoms with E-state index in [9.17, 15) is 4.79 Å². The third-order valence-electron chi connectivity index (χ3n) is 3.61. The van der Waals surface area contributed by atoms with Crippen LogP contribution >= 0.6 is 27.3 Å². The summed E-state index contributed by atoms with van der Waals surface area (Å²) in [5.74, 6) is 0.508. The van der Waals surface area contributed by atoms with Crippen molar-refractivity contribution in [3.05, 3.63) is 38.8 Å². The first-order valence-corrected chi connectivity index (χ1v) is 8.57. The van der Waals surface area contributed by atoms with Gasteiger partial charge in [-0.25, -0.2) is 4.98 Å². The molecule has 1 aromatic carbocycles. The molecule has 1 aliphatic rings. The van der Waals surface area contributed by atoms with Crippen molar-refractivity contribution in [2.75, 3.05) is 12.4 Å². The molecular weight excluding hydrogens is 366 g/mol. The predicted molar refractivity (Wildman–Crippen MR) is 90.8 cm³/mol. The highest BCUT2D eigenvalue weighted by molar-refractivity contribution is 9.10. The maximum Gasteiger partial charge on any atom is 0.257 e. The first-order valence-electron chi connectivity index (χ1n) is 6.96. The number of rotatable bonds is 3. The second-order valence-electron chi connectivity index (χ2n) is 5.20. The average Bonchev–Trinajstić information content (AvgIpc) is 2.88. The van der Waals surface area contributed by atoms with Crippen molar-refractivity contribution in [1.82, 2.24) is 4.98 Å². The van der Waals surface area contributed by atoms with E-state index in [2.05, 4.69) is 26.2 Å². The summed E-state index contributed by atoms with van der Waals surface area (Å²) < 4.78 is 5.91. The standard InChI is InChI=1S/C15H16BrN3O2S/c1-21-12-5-2-8(6-10(12)16)14(20)19-15-18-11-4-3-9(17)7-13(11)22-15/h2,5-6,9H,3-4,7,17H2,1H3,(H,18,19,20)/t9-/m0/s1. The van der Waals surface area contributed by atoms with Crippen molar-refractivity contribution in [2.45, 2.75) is 25.3 Å². The molecule has 0 spiro atoms. The Balaban J connectivity index is 1.76. The molecule has 1 aromatic heterocycles. The van der Waals surface area contributed by atoms with Crippen LogP contribution < -0.4 is 15.8 Å². The van der Waals surface area contributed by atoms with Crippen LogP contribution in [0.15, 0.2) is 22.7 Å². The molecule has 1 atom stereocenters. The molecule has 3 rings (SSSR count). The molecule has 0 saturated heterocycles. The highest BCUT2D eigenvalue weighted by Crippen LogP contribution is 2.30. The van der Waals surface area contributed by atoms with E-state index in [4.69, 9.17) is 10.5 Å². The Kier molecular flexibility index (Phi) is 4.46. The minimum Gasteiger partial charge on any atom is -0.496 e. The maximum absolute atomic E-state index is 12.3. The van der Waals surface area contributed by atoms with Crippen molar-refractivity contribution >= 4 is 38.3 Å². The van der Waals surface area contributed by atoms with Gasteiger partial charge in [-0.05, 0) is 53.4 Å². The fraction of sp³-hybridized carbons (Fsp3) is 0.333. The molecule has 0 unspecified atom stereocenters. The van der Waals surface area contributed by atoms with Crippen molar-refractivity contribution < 1.29 is 9.53 Å². The zero-order valence-electron chi connectivity index (χ0n) is 12.1. The van der Waals surface area contributed by atoms with Crippen LogP contribution in [0.2, 0.25) is 0 Å². The van der Waals surface area contributed by atoms with Crippen LogP contribution in [0.25, 0.3) is 0 Å². The number of amides is 1. The number of fused-ring (bicyclic) bond motifs is 1. The number of anilines is 1. The van der Waals surface area contributed by atoms with Gasteiger partial charge in [0.2, 0.25) is 0 Å². The molecule has 1 amide bonds. The number of halogens is 1. The zero-order chi connectivity index (χ0) is 15.7. The maximum atomic E-state index is 12.3. The largest absolute Gasteiger partial charge is 0.496 e. The zero-order valence-corrected chi connectivity index (χ0v) is 14.5. The van der Waals surface area contributed by atoms with Gasteiger partial charge < -0.3 is 10.5 Å². The molecule has 0 aliphatic heterocycles. The Morgan fingerprint density at radius 3 is 3.09 bits per heavy atom. The second-order valence-corrected chi connectivity index (χ2v) is 7.13. The molecule has 1 aliphatic carbocycles. The number of methoxy groups -OCH3 is 1. The summed E-state index contributed by atoms with van der Waals surface area (Å²) in [6.07, 6.45) is 2.68. The summed E-state index contributed by atoms with van der Waals surface area (Å²) in [7, 11) is 1.59. The molecule has 22 heavy (non-hydrogen) atoms. The van der Waals surface area contributed by atoms with Gasteiger partial charge in [-0.3, -0.25) is 10.1 Å². The highest BCUT2D eigenvalue weighted by atomic mass is 79.9. The van der Waals surface area contributed by atoms with E-state index in [1.54, 1.807) is 25.3 Å². The van der Waals surface area contributed by atoms with Crippen LogP contribution in [0.1, 0.15) is 27.3 Å². The van der Waals surface area contributed by atoms with E-state index in [1.165, 1.54) is 16.2 Å². The smallest absolute Gasteiger partial charge is 0.257 e. The number of aryl methyl sites for hydroxylation is 1. The van der Waals surface area contributed by atoms with Gasteiger partial charge >= 0.3 is 0 Å². The van der Waals surface area contributed by atoms with E-state index in [1.807, 2.05) is 0 Å². The van der Waals surface area contributed by atoms with E-state index < -0.39 is 0 Å². The Morgan fingerprint density at radius 2 is 2.36 bits per heavy atom. The number of nitrogens with two attached hydrogens (primary N) is 1. The van der Waals surface area contributed by atoms with E-state index in [-0.39, 0.29) is 11.9 Å². The van der Waals surface area contributed by atoms with Crippen molar-refractivity contribution in [2.24, 2.45) is 5.73 Å². The lowest BCUT2D eigenvalue weighted by Gasteiger charge is -2.15. The van der Waals surface area contributed by atoms with Gasteiger partial charge in [0, 0.05) is 16.5 Å². The molecule has 116 valence electrons. The fourth-order valence-corrected chi connectivity index (χ4v) is 4.07. The Bertz CT molecular complexity index is 717. The van der Waals surface area contributed by atoms with Crippen LogP contribution in [0.3, 0.4) is 0 Å². The number of benzene rings is 1. The molecule has 7 heteroatoms. The van der Waals surface area contributed by atoms with Gasteiger partial charge in [0.15, 0.2) is 5.13 Å². The van der Waals surface area contributed by atoms with Gasteiger partial charge in [0.1, 0.15) is 5.75 Å². The predicted octanol–water partition coefficient (Wildman–Crippen LogP) is 2.98. The lowest BCUT2D eigenvalue weighted by Crippen LogP contribution is -2.27. The quantitative estimate of drug-likeness (QED) is 0.856. The van der Waals surface area contributed by atoms with Crippen LogP contribution in [-0.4, -0.2) is 24.0 Å². The summed E-state index contributed by atoms with van der Waals surface area (Å²) in [5, 5.41) is 3.50. The number of aromatic nitrogens is 1. The van der Waals surface area contributed by atoms with Gasteiger partial charge in [0.25, 0.3) is 5.91 Å². The van der Waals surface area contributed by atoms with E-state index in [0.29, 0.717) is 16.4 Å². The lowest BCUT2D eigenvalue weighted by molar-refractivity contribution is 0.102. The van der Waals surface area contributed by atoms with Gasteiger partial charge in [-0.2, -0.15) is 0 Å². The van der Waals surface area contributed by atoms with Crippen LogP contribution in [0, 0.1) is 0 Å². The third kappa shape index (κ3) is 3.16. The Labute approximate surface area is 141 Å². The van der Waals surface area contributed by atoms with Crippen LogP contribution in [0.5, 0.6) is 5.75 Å².